The fourth-order valence-corrected chi connectivity index (χ4v) is 6.29. The lowest BCUT2D eigenvalue weighted by Gasteiger charge is -2.21. The number of hydrogen-bond donors (Lipinski definition) is 0. The molecule has 3 aromatic carbocycles. The summed E-state index contributed by atoms with van der Waals surface area (Å²) >= 11 is 0. The second kappa shape index (κ2) is 14.3. The standard InChI is InChI=1S/C28H36NO2S.C4H10O3S/c1-27(2,3)30-22-11-17-25(18-12-22)32(24-15-9-21(10-16-24)29(7)8)26-19-13-23(14-20-26)31-28(4,5)6;1-2-3-4-8(5,6)7/h9-20H,1-8H3;2-4H2,1H3,(H,5,6,7)/q+1;/p-1. The topological polar surface area (TPSA) is 78.9 Å². The quantitative estimate of drug-likeness (QED) is 0.190. The molecular formula is C32H45NO5S2. The minimum Gasteiger partial charge on any atom is -0.748 e. The first kappa shape index (κ1) is 33.5. The van der Waals surface area contributed by atoms with Gasteiger partial charge in [-0.1, -0.05) is 13.3 Å². The highest BCUT2D eigenvalue weighted by molar-refractivity contribution is 7.97. The van der Waals surface area contributed by atoms with E-state index in [4.69, 9.17) is 9.47 Å². The van der Waals surface area contributed by atoms with Crippen LogP contribution in [0.15, 0.2) is 87.5 Å². The van der Waals surface area contributed by atoms with E-state index in [9.17, 15) is 13.0 Å². The van der Waals surface area contributed by atoms with Gasteiger partial charge < -0.3 is 18.9 Å². The average molecular weight is 588 g/mol. The summed E-state index contributed by atoms with van der Waals surface area (Å²) in [6.45, 7) is 14.2. The van der Waals surface area contributed by atoms with E-state index in [-0.39, 0.29) is 27.8 Å². The molecule has 0 unspecified atom stereocenters. The van der Waals surface area contributed by atoms with Gasteiger partial charge in [-0.25, -0.2) is 8.42 Å². The summed E-state index contributed by atoms with van der Waals surface area (Å²) in [4.78, 5) is 5.92. The largest absolute Gasteiger partial charge is 0.748 e. The van der Waals surface area contributed by atoms with Crippen LogP contribution in [-0.2, 0) is 21.0 Å². The van der Waals surface area contributed by atoms with Crippen LogP contribution >= 0.6 is 0 Å². The molecule has 3 rings (SSSR count). The Hall–Kier alpha value is -2.68. The second-order valence-corrected chi connectivity index (χ2v) is 15.2. The molecule has 40 heavy (non-hydrogen) atoms. The SMILES string of the molecule is CCCCS(=O)(=O)[O-].CN(C)c1ccc([S+](c2ccc(OC(C)(C)C)cc2)c2ccc(OC(C)(C)C)cc2)cc1. The van der Waals surface area contributed by atoms with Crippen molar-refractivity contribution in [2.45, 2.75) is 87.2 Å². The minimum atomic E-state index is -3.94. The number of unbranched alkanes of at least 4 members (excludes halogenated alkanes) is 1. The molecule has 0 aliphatic carbocycles. The Labute approximate surface area is 244 Å². The Morgan fingerprint density at radius 1 is 0.700 bits per heavy atom. The van der Waals surface area contributed by atoms with Crippen LogP contribution in [0.2, 0.25) is 0 Å². The van der Waals surface area contributed by atoms with Crippen molar-refractivity contribution in [1.29, 1.82) is 0 Å². The van der Waals surface area contributed by atoms with Crippen LogP contribution in [0.25, 0.3) is 0 Å². The van der Waals surface area contributed by atoms with E-state index >= 15 is 0 Å². The first-order chi connectivity index (χ1) is 18.5. The summed E-state index contributed by atoms with van der Waals surface area (Å²) in [5, 5.41) is 0. The number of hydrogen-bond acceptors (Lipinski definition) is 6. The molecule has 6 nitrogen and oxygen atoms in total. The molecule has 220 valence electrons. The van der Waals surface area contributed by atoms with E-state index in [1.165, 1.54) is 20.4 Å². The van der Waals surface area contributed by atoms with Crippen molar-refractivity contribution >= 4 is 26.7 Å². The minimum absolute atomic E-state index is 0.214. The summed E-state index contributed by atoms with van der Waals surface area (Å²) in [6, 6.07) is 25.9. The van der Waals surface area contributed by atoms with Crippen LogP contribution in [0.5, 0.6) is 11.5 Å². The normalized spacial score (nSPS) is 12.0. The Kier molecular flexibility index (Phi) is 12.0. The highest BCUT2D eigenvalue weighted by atomic mass is 32.2. The lowest BCUT2D eigenvalue weighted by molar-refractivity contribution is 0.130. The maximum absolute atomic E-state index is 9.83. The molecule has 0 radical (unpaired) electrons. The Morgan fingerprint density at radius 2 is 1.05 bits per heavy atom. The van der Waals surface area contributed by atoms with Crippen molar-refractivity contribution in [3.63, 3.8) is 0 Å². The third-order valence-corrected chi connectivity index (χ3v) is 8.32. The van der Waals surface area contributed by atoms with E-state index < -0.39 is 10.1 Å². The smallest absolute Gasteiger partial charge is 0.166 e. The zero-order chi connectivity index (χ0) is 30.1. The van der Waals surface area contributed by atoms with Crippen LogP contribution in [0, 0.1) is 0 Å². The molecule has 8 heteroatoms. The maximum atomic E-state index is 9.83. The van der Waals surface area contributed by atoms with Gasteiger partial charge in [0.1, 0.15) is 22.7 Å². The van der Waals surface area contributed by atoms with E-state index in [1.807, 2.05) is 6.92 Å². The molecule has 3 aromatic rings. The summed E-state index contributed by atoms with van der Waals surface area (Å²) in [5.41, 5.74) is 0.766. The van der Waals surface area contributed by atoms with Gasteiger partial charge in [0.05, 0.1) is 21.0 Å². The fraction of sp³-hybridized carbons (Fsp3) is 0.438. The summed E-state index contributed by atoms with van der Waals surface area (Å²) in [6.07, 6.45) is 1.23. The molecule has 0 saturated heterocycles. The number of ether oxygens (including phenoxy) is 2. The lowest BCUT2D eigenvalue weighted by atomic mass is 10.2. The van der Waals surface area contributed by atoms with Gasteiger partial charge in [0.25, 0.3) is 0 Å². The predicted molar refractivity (Wildman–Crippen MR) is 166 cm³/mol. The van der Waals surface area contributed by atoms with Gasteiger partial charge in [-0.05, 0) is 121 Å². The third kappa shape index (κ3) is 12.2. The zero-order valence-corrected chi connectivity index (χ0v) is 27.0. The molecular weight excluding hydrogens is 542 g/mol. The van der Waals surface area contributed by atoms with Crippen LogP contribution in [0.1, 0.15) is 61.3 Å². The molecule has 0 aromatic heterocycles. The average Bonchev–Trinajstić information content (AvgIpc) is 2.83. The number of rotatable bonds is 9. The third-order valence-electron chi connectivity index (χ3n) is 5.30. The van der Waals surface area contributed by atoms with Crippen molar-refractivity contribution in [3.05, 3.63) is 72.8 Å². The van der Waals surface area contributed by atoms with E-state index in [2.05, 4.69) is 133 Å². The summed E-state index contributed by atoms with van der Waals surface area (Å²) in [7, 11) is -0.0326. The van der Waals surface area contributed by atoms with Gasteiger partial charge in [-0.2, -0.15) is 0 Å². The molecule has 0 heterocycles. The lowest BCUT2D eigenvalue weighted by Crippen LogP contribution is -2.23. The molecule has 0 aliphatic heterocycles. The van der Waals surface area contributed by atoms with Gasteiger partial charge in [0, 0.05) is 25.5 Å². The zero-order valence-electron chi connectivity index (χ0n) is 25.4. The number of nitrogens with zero attached hydrogens (tertiary/aromatic N) is 1. The van der Waals surface area contributed by atoms with Gasteiger partial charge in [-0.3, -0.25) is 0 Å². The maximum Gasteiger partial charge on any atom is 0.166 e. The van der Waals surface area contributed by atoms with Crippen molar-refractivity contribution in [2.24, 2.45) is 0 Å². The highest BCUT2D eigenvalue weighted by Gasteiger charge is 2.29. The molecule has 0 saturated carbocycles. The molecule has 0 spiro atoms. The van der Waals surface area contributed by atoms with Crippen molar-refractivity contribution in [2.75, 3.05) is 24.7 Å². The van der Waals surface area contributed by atoms with E-state index in [0.717, 1.165) is 17.9 Å². The first-order valence-electron chi connectivity index (χ1n) is 13.5. The Balaban J connectivity index is 0.000000611. The molecule has 0 atom stereocenters. The van der Waals surface area contributed by atoms with E-state index in [1.54, 1.807) is 0 Å². The molecule has 0 N–H and O–H groups in total. The van der Waals surface area contributed by atoms with E-state index in [0.29, 0.717) is 6.42 Å². The first-order valence-corrected chi connectivity index (χ1v) is 16.3. The van der Waals surface area contributed by atoms with Crippen molar-refractivity contribution in [1.82, 2.24) is 0 Å². The fourth-order valence-electron chi connectivity index (χ4n) is 3.60. The van der Waals surface area contributed by atoms with Gasteiger partial charge in [0.15, 0.2) is 14.7 Å². The monoisotopic (exact) mass is 587 g/mol. The van der Waals surface area contributed by atoms with Crippen LogP contribution in [0.4, 0.5) is 5.69 Å². The molecule has 0 bridgehead atoms. The van der Waals surface area contributed by atoms with Gasteiger partial charge in [-0.15, -0.1) is 0 Å². The molecule has 0 amide bonds. The van der Waals surface area contributed by atoms with Crippen molar-refractivity contribution in [3.8, 4) is 11.5 Å². The second-order valence-electron chi connectivity index (χ2n) is 11.7. The highest BCUT2D eigenvalue weighted by Crippen LogP contribution is 2.34. The van der Waals surface area contributed by atoms with Gasteiger partial charge in [0.2, 0.25) is 0 Å². The molecule has 0 fully saturated rings. The summed E-state index contributed by atoms with van der Waals surface area (Å²) < 4.78 is 41.6. The summed E-state index contributed by atoms with van der Waals surface area (Å²) in [5.74, 6) is 1.56. The van der Waals surface area contributed by atoms with Crippen molar-refractivity contribution < 1.29 is 22.4 Å². The Bertz CT molecular complexity index is 1210. The van der Waals surface area contributed by atoms with Crippen LogP contribution in [-0.4, -0.2) is 44.0 Å². The van der Waals surface area contributed by atoms with Gasteiger partial charge >= 0.3 is 0 Å². The van der Waals surface area contributed by atoms with Crippen LogP contribution in [0.3, 0.4) is 0 Å². The predicted octanol–water partition coefficient (Wildman–Crippen LogP) is 7.53. The number of benzene rings is 3. The Morgan fingerprint density at radius 3 is 1.30 bits per heavy atom. The van der Waals surface area contributed by atoms with Crippen LogP contribution < -0.4 is 14.4 Å². The molecule has 0 aliphatic rings. The number of anilines is 1.